The van der Waals surface area contributed by atoms with E-state index in [-0.39, 0.29) is 12.0 Å². The summed E-state index contributed by atoms with van der Waals surface area (Å²) in [4.78, 5) is 5.23. The third-order valence-corrected chi connectivity index (χ3v) is 11.7. The Kier molecular flexibility index (Phi) is 8.80. The molecule has 0 radical (unpaired) electrons. The van der Waals surface area contributed by atoms with E-state index in [4.69, 9.17) is 9.73 Å². The van der Waals surface area contributed by atoms with Gasteiger partial charge in [-0.15, -0.1) is 0 Å². The van der Waals surface area contributed by atoms with Gasteiger partial charge < -0.3 is 4.74 Å². The van der Waals surface area contributed by atoms with Crippen molar-refractivity contribution < 1.29 is 4.74 Å². The van der Waals surface area contributed by atoms with Gasteiger partial charge in [0.25, 0.3) is 0 Å². The molecule has 8 aromatic carbocycles. The highest BCUT2D eigenvalue weighted by molar-refractivity contribution is 6.11. The highest BCUT2D eigenvalue weighted by atomic mass is 16.5. The molecule has 0 bridgehead atoms. The zero-order chi connectivity index (χ0) is 38.3. The van der Waals surface area contributed by atoms with E-state index >= 15 is 0 Å². The second-order valence-corrected chi connectivity index (χ2v) is 15.1. The third kappa shape index (κ3) is 6.50. The molecular weight excluding hydrogens is 691 g/mol. The fourth-order valence-corrected chi connectivity index (χ4v) is 8.77. The number of fused-ring (bicyclic) bond motifs is 10. The largest absolute Gasteiger partial charge is 0.457 e. The summed E-state index contributed by atoms with van der Waals surface area (Å²) in [6.07, 6.45) is 3.16. The Morgan fingerprint density at radius 3 is 2.04 bits per heavy atom. The summed E-state index contributed by atoms with van der Waals surface area (Å²) in [5, 5.41) is 2.60. The summed E-state index contributed by atoms with van der Waals surface area (Å²) >= 11 is 0. The highest BCUT2D eigenvalue weighted by Crippen LogP contribution is 2.56. The zero-order valence-corrected chi connectivity index (χ0v) is 31.9. The van der Waals surface area contributed by atoms with Crippen LogP contribution in [0.1, 0.15) is 64.2 Å². The second-order valence-electron chi connectivity index (χ2n) is 15.1. The van der Waals surface area contributed by atoms with Gasteiger partial charge in [-0.25, -0.2) is 0 Å². The monoisotopic (exact) mass is 731 g/mol. The number of rotatable bonds is 9. The molecule has 0 N–H and O–H groups in total. The quantitative estimate of drug-likeness (QED) is 0.135. The van der Waals surface area contributed by atoms with Crippen LogP contribution in [0.15, 0.2) is 200 Å². The highest BCUT2D eigenvalue weighted by Gasteiger charge is 2.36. The molecule has 2 aliphatic rings. The molecule has 2 atom stereocenters. The summed E-state index contributed by atoms with van der Waals surface area (Å²) < 4.78 is 6.36. The Balaban J connectivity index is 0.893. The minimum atomic E-state index is -0.0351. The molecule has 2 nitrogen and oxygen atoms in total. The Morgan fingerprint density at radius 1 is 0.596 bits per heavy atom. The SMILES string of the molecule is C=C(CC(N=C(C)c1ccc(Oc2ccc(-c3ccc4c(c3)C3C(=Cc5ccccc53)c3c-4ccc4ccccc34)cc2)cc1)c1ccccc1)c1ccccc1. The van der Waals surface area contributed by atoms with E-state index in [2.05, 4.69) is 183 Å². The number of hydrogen-bond acceptors (Lipinski definition) is 2. The van der Waals surface area contributed by atoms with Gasteiger partial charge in [-0.2, -0.15) is 0 Å². The maximum absolute atomic E-state index is 6.36. The Morgan fingerprint density at radius 2 is 1.25 bits per heavy atom. The lowest BCUT2D eigenvalue weighted by atomic mass is 9.73. The minimum absolute atomic E-state index is 0.0351. The first-order chi connectivity index (χ1) is 28.1. The first-order valence-electron chi connectivity index (χ1n) is 19.8. The van der Waals surface area contributed by atoms with Gasteiger partial charge in [-0.1, -0.05) is 152 Å². The molecule has 0 spiro atoms. The van der Waals surface area contributed by atoms with Crippen molar-refractivity contribution in [3.8, 4) is 33.8 Å². The lowest BCUT2D eigenvalue weighted by Gasteiger charge is -2.30. The molecule has 2 aliphatic carbocycles. The van der Waals surface area contributed by atoms with Crippen LogP contribution in [0.2, 0.25) is 0 Å². The first kappa shape index (κ1) is 34.5. The molecule has 8 aromatic rings. The Hall–Kier alpha value is -7.03. The molecule has 10 rings (SSSR count). The van der Waals surface area contributed by atoms with E-state index in [0.717, 1.165) is 45.9 Å². The van der Waals surface area contributed by atoms with E-state index in [1.54, 1.807) is 0 Å². The number of nitrogens with zero attached hydrogens (tertiary/aromatic N) is 1. The molecular formula is C55H41NO. The predicted octanol–water partition coefficient (Wildman–Crippen LogP) is 14.6. The van der Waals surface area contributed by atoms with E-state index in [9.17, 15) is 0 Å². The van der Waals surface area contributed by atoms with E-state index in [0.29, 0.717) is 0 Å². The number of allylic oxidation sites excluding steroid dienone is 1. The minimum Gasteiger partial charge on any atom is -0.457 e. The van der Waals surface area contributed by atoms with E-state index < -0.39 is 0 Å². The molecule has 2 heteroatoms. The number of ether oxygens (including phenoxy) is 1. The van der Waals surface area contributed by atoms with Gasteiger partial charge in [-0.3, -0.25) is 4.99 Å². The molecule has 0 saturated carbocycles. The molecule has 0 heterocycles. The van der Waals surface area contributed by atoms with Gasteiger partial charge in [0.05, 0.1) is 6.04 Å². The fourth-order valence-electron chi connectivity index (χ4n) is 8.77. The van der Waals surface area contributed by atoms with Gasteiger partial charge >= 0.3 is 0 Å². The zero-order valence-electron chi connectivity index (χ0n) is 31.9. The molecule has 0 aliphatic heterocycles. The van der Waals surface area contributed by atoms with Crippen LogP contribution >= 0.6 is 0 Å². The lowest BCUT2D eigenvalue weighted by molar-refractivity contribution is 0.483. The van der Waals surface area contributed by atoms with Crippen molar-refractivity contribution in [3.05, 3.63) is 234 Å². The molecule has 0 aromatic heterocycles. The Bertz CT molecular complexity index is 2850. The van der Waals surface area contributed by atoms with Crippen LogP contribution in [0, 0.1) is 0 Å². The summed E-state index contributed by atoms with van der Waals surface area (Å²) in [6, 6.07) is 66.8. The van der Waals surface area contributed by atoms with Crippen molar-refractivity contribution in [2.75, 3.05) is 0 Å². The summed E-state index contributed by atoms with van der Waals surface area (Å²) in [7, 11) is 0. The molecule has 0 fully saturated rings. The van der Waals surface area contributed by atoms with Crippen molar-refractivity contribution in [2.45, 2.75) is 25.3 Å². The van der Waals surface area contributed by atoms with Gasteiger partial charge in [0, 0.05) is 11.6 Å². The van der Waals surface area contributed by atoms with Crippen molar-refractivity contribution in [1.29, 1.82) is 0 Å². The van der Waals surface area contributed by atoms with Crippen molar-refractivity contribution in [2.24, 2.45) is 4.99 Å². The summed E-state index contributed by atoms with van der Waals surface area (Å²) in [5.74, 6) is 1.79. The Labute approximate surface area is 334 Å². The fraction of sp³-hybridized carbons (Fsp3) is 0.0727. The summed E-state index contributed by atoms with van der Waals surface area (Å²) in [6.45, 7) is 6.49. The third-order valence-electron chi connectivity index (χ3n) is 11.7. The first-order valence-corrected chi connectivity index (χ1v) is 19.8. The normalized spacial score (nSPS) is 14.5. The summed E-state index contributed by atoms with van der Waals surface area (Å²) in [5.41, 5.74) is 17.3. The van der Waals surface area contributed by atoms with Crippen LogP contribution < -0.4 is 4.74 Å². The molecule has 0 saturated heterocycles. The average molecular weight is 732 g/mol. The van der Waals surface area contributed by atoms with Gasteiger partial charge in [0.2, 0.25) is 0 Å². The molecule has 0 amide bonds. The van der Waals surface area contributed by atoms with Crippen LogP contribution in [-0.2, 0) is 0 Å². The van der Waals surface area contributed by atoms with Crippen LogP contribution in [-0.4, -0.2) is 5.71 Å². The van der Waals surface area contributed by atoms with Gasteiger partial charge in [0.1, 0.15) is 11.5 Å². The van der Waals surface area contributed by atoms with Crippen molar-refractivity contribution >= 4 is 33.7 Å². The van der Waals surface area contributed by atoms with Crippen LogP contribution in [0.25, 0.3) is 50.2 Å². The molecule has 2 unspecified atom stereocenters. The molecule has 57 heavy (non-hydrogen) atoms. The molecule has 272 valence electrons. The topological polar surface area (TPSA) is 21.6 Å². The number of hydrogen-bond donors (Lipinski definition) is 0. The van der Waals surface area contributed by atoms with Crippen molar-refractivity contribution in [1.82, 2.24) is 0 Å². The van der Waals surface area contributed by atoms with Crippen LogP contribution in [0.5, 0.6) is 11.5 Å². The average Bonchev–Trinajstić information content (AvgIpc) is 3.67. The lowest BCUT2D eigenvalue weighted by Crippen LogP contribution is -2.10. The van der Waals surface area contributed by atoms with Crippen LogP contribution in [0.4, 0.5) is 0 Å². The van der Waals surface area contributed by atoms with Crippen molar-refractivity contribution in [3.63, 3.8) is 0 Å². The number of aliphatic imine (C=N–C) groups is 1. The van der Waals surface area contributed by atoms with E-state index in [1.807, 2.05) is 24.3 Å². The maximum atomic E-state index is 6.36. The van der Waals surface area contributed by atoms with Crippen LogP contribution in [0.3, 0.4) is 0 Å². The predicted molar refractivity (Wildman–Crippen MR) is 239 cm³/mol. The standard InChI is InChI=1S/C55H41NO/c1-36(38-13-5-3-6-14-38)33-53(42-16-7-4-8-17-42)56-37(2)39-21-27-45(28-22-39)57-46-29-23-40(24-30-46)43-26-31-49-50-32-25-41-15-9-11-19-47(41)54(50)52-35-44-18-10-12-20-48(44)55(52)51(49)34-43/h3-32,34-35,53,55H,1,33H2,2H3. The van der Waals surface area contributed by atoms with E-state index in [1.165, 1.54) is 60.9 Å². The maximum Gasteiger partial charge on any atom is 0.127 e. The second kappa shape index (κ2) is 14.6. The number of benzene rings is 8. The van der Waals surface area contributed by atoms with Gasteiger partial charge in [0.15, 0.2) is 0 Å². The smallest absolute Gasteiger partial charge is 0.127 e. The van der Waals surface area contributed by atoms with Gasteiger partial charge in [-0.05, 0) is 145 Å².